The highest BCUT2D eigenvalue weighted by atomic mass is 32.2. The second kappa shape index (κ2) is 7.33. The summed E-state index contributed by atoms with van der Waals surface area (Å²) in [6.45, 7) is 3.30. The van der Waals surface area contributed by atoms with Crippen molar-refractivity contribution in [2.75, 3.05) is 6.54 Å². The van der Waals surface area contributed by atoms with Gasteiger partial charge >= 0.3 is 0 Å². The quantitative estimate of drug-likeness (QED) is 0.818. The first-order valence-electron chi connectivity index (χ1n) is 8.47. The van der Waals surface area contributed by atoms with E-state index in [0.29, 0.717) is 17.9 Å². The molecule has 0 unspecified atom stereocenters. The van der Waals surface area contributed by atoms with Crippen LogP contribution in [0, 0.1) is 11.3 Å². The third-order valence-electron chi connectivity index (χ3n) is 4.45. The number of benzene rings is 1. The van der Waals surface area contributed by atoms with Gasteiger partial charge in [-0.3, -0.25) is 0 Å². The van der Waals surface area contributed by atoms with Crippen molar-refractivity contribution in [2.45, 2.75) is 50.1 Å². The number of piperidine rings is 1. The lowest BCUT2D eigenvalue weighted by Crippen LogP contribution is -2.39. The Hall–Kier alpha value is -2.24. The monoisotopic (exact) mass is 359 g/mol. The normalized spacial score (nSPS) is 18.8. The highest BCUT2D eigenvalue weighted by Crippen LogP contribution is 2.34. The van der Waals surface area contributed by atoms with Gasteiger partial charge < -0.3 is 4.57 Å². The van der Waals surface area contributed by atoms with Gasteiger partial charge in [0.2, 0.25) is 10.0 Å². The minimum absolute atomic E-state index is 0.208. The minimum atomic E-state index is -3.65. The molecule has 0 aliphatic carbocycles. The van der Waals surface area contributed by atoms with Crippen LogP contribution in [0.15, 0.2) is 35.5 Å². The Labute approximate surface area is 148 Å². The van der Waals surface area contributed by atoms with Crippen LogP contribution in [-0.2, 0) is 16.6 Å². The Bertz CT molecular complexity index is 867. The molecule has 132 valence electrons. The molecule has 0 amide bonds. The number of sulfonamides is 1. The van der Waals surface area contributed by atoms with Crippen LogP contribution in [0.25, 0.3) is 0 Å². The van der Waals surface area contributed by atoms with E-state index in [1.807, 2.05) is 10.6 Å². The van der Waals surface area contributed by atoms with Crippen LogP contribution in [0.5, 0.6) is 0 Å². The van der Waals surface area contributed by atoms with Crippen molar-refractivity contribution >= 4 is 10.0 Å². The number of aromatic nitrogens is 3. The number of rotatable bonds is 5. The Morgan fingerprint density at radius 1 is 1.28 bits per heavy atom. The van der Waals surface area contributed by atoms with E-state index in [0.717, 1.165) is 32.2 Å². The van der Waals surface area contributed by atoms with E-state index in [2.05, 4.69) is 17.1 Å². The summed E-state index contributed by atoms with van der Waals surface area (Å²) in [5.41, 5.74) is 0.442. The molecular weight excluding hydrogens is 338 g/mol. The average molecular weight is 359 g/mol. The summed E-state index contributed by atoms with van der Waals surface area (Å²) in [7, 11) is -3.65. The first-order chi connectivity index (χ1) is 12.1. The van der Waals surface area contributed by atoms with Gasteiger partial charge in [-0.15, -0.1) is 10.2 Å². The summed E-state index contributed by atoms with van der Waals surface area (Å²) in [6.07, 6.45) is 5.12. The molecule has 0 N–H and O–H groups in total. The van der Waals surface area contributed by atoms with E-state index in [1.165, 1.54) is 28.6 Å². The zero-order valence-electron chi connectivity index (χ0n) is 14.2. The molecule has 1 atom stereocenters. The van der Waals surface area contributed by atoms with Crippen molar-refractivity contribution in [3.63, 3.8) is 0 Å². The minimum Gasteiger partial charge on any atom is -0.316 e. The summed E-state index contributed by atoms with van der Waals surface area (Å²) < 4.78 is 29.8. The number of nitriles is 1. The van der Waals surface area contributed by atoms with Gasteiger partial charge in [0.05, 0.1) is 22.6 Å². The third kappa shape index (κ3) is 3.43. The topological polar surface area (TPSA) is 91.9 Å². The second-order valence-electron chi connectivity index (χ2n) is 6.15. The molecule has 1 aromatic heterocycles. The zero-order valence-corrected chi connectivity index (χ0v) is 15.0. The summed E-state index contributed by atoms with van der Waals surface area (Å²) in [4.78, 5) is 0.208. The highest BCUT2D eigenvalue weighted by molar-refractivity contribution is 7.89. The molecule has 0 saturated carbocycles. The van der Waals surface area contributed by atoms with Crippen molar-refractivity contribution in [1.29, 1.82) is 5.26 Å². The Morgan fingerprint density at radius 2 is 2.04 bits per heavy atom. The maximum absolute atomic E-state index is 13.1. The molecule has 1 fully saturated rings. The van der Waals surface area contributed by atoms with Crippen LogP contribution in [0.1, 0.15) is 50.0 Å². The van der Waals surface area contributed by atoms with Gasteiger partial charge in [0.15, 0.2) is 5.82 Å². The molecule has 0 bridgehead atoms. The number of hydrogen-bond donors (Lipinski definition) is 0. The van der Waals surface area contributed by atoms with Crippen molar-refractivity contribution in [1.82, 2.24) is 19.1 Å². The van der Waals surface area contributed by atoms with Crippen molar-refractivity contribution < 1.29 is 8.42 Å². The fourth-order valence-electron chi connectivity index (χ4n) is 3.22. The van der Waals surface area contributed by atoms with Gasteiger partial charge in [-0.1, -0.05) is 13.3 Å². The molecule has 25 heavy (non-hydrogen) atoms. The van der Waals surface area contributed by atoms with E-state index in [9.17, 15) is 8.42 Å². The lowest BCUT2D eigenvalue weighted by atomic mass is 10.0. The van der Waals surface area contributed by atoms with E-state index in [-0.39, 0.29) is 10.9 Å². The first kappa shape index (κ1) is 17.6. The summed E-state index contributed by atoms with van der Waals surface area (Å²) >= 11 is 0. The molecule has 1 aromatic carbocycles. The maximum atomic E-state index is 13.1. The van der Waals surface area contributed by atoms with E-state index in [1.54, 1.807) is 6.33 Å². The van der Waals surface area contributed by atoms with Crippen molar-refractivity contribution in [2.24, 2.45) is 0 Å². The zero-order chi connectivity index (χ0) is 17.9. The standard InChI is InChI=1S/C17H21N5O2S/c1-2-10-21-13-19-20-17(21)16-5-3-4-11-22(16)25(23,24)15-8-6-14(12-18)7-9-15/h6-9,13,16H,2-5,10-11H2,1H3/t16-/m1/s1. The molecule has 1 aliphatic rings. The lowest BCUT2D eigenvalue weighted by Gasteiger charge is -2.34. The molecular formula is C17H21N5O2S. The lowest BCUT2D eigenvalue weighted by molar-refractivity contribution is 0.240. The molecule has 2 aromatic rings. The van der Waals surface area contributed by atoms with Gasteiger partial charge in [-0.2, -0.15) is 9.57 Å². The first-order valence-corrected chi connectivity index (χ1v) is 9.91. The summed E-state index contributed by atoms with van der Waals surface area (Å²) in [6, 6.07) is 7.76. The van der Waals surface area contributed by atoms with Crippen LogP contribution in [0.3, 0.4) is 0 Å². The maximum Gasteiger partial charge on any atom is 0.243 e. The largest absolute Gasteiger partial charge is 0.316 e. The summed E-state index contributed by atoms with van der Waals surface area (Å²) in [5.74, 6) is 0.707. The van der Waals surface area contributed by atoms with Crippen LogP contribution in [0.4, 0.5) is 0 Å². The van der Waals surface area contributed by atoms with Crippen LogP contribution in [-0.4, -0.2) is 34.0 Å². The molecule has 8 heteroatoms. The predicted octanol–water partition coefficient (Wildman–Crippen LogP) is 2.48. The molecule has 3 rings (SSSR count). The highest BCUT2D eigenvalue weighted by Gasteiger charge is 2.36. The molecule has 1 saturated heterocycles. The van der Waals surface area contributed by atoms with Crippen LogP contribution < -0.4 is 0 Å². The number of hydrogen-bond acceptors (Lipinski definition) is 5. The average Bonchev–Trinajstić information content (AvgIpc) is 3.10. The number of nitrogens with zero attached hydrogens (tertiary/aromatic N) is 5. The smallest absolute Gasteiger partial charge is 0.243 e. The van der Waals surface area contributed by atoms with Gasteiger partial charge in [-0.25, -0.2) is 8.42 Å². The molecule has 0 spiro atoms. The van der Waals surface area contributed by atoms with Crippen molar-refractivity contribution in [3.05, 3.63) is 42.0 Å². The van der Waals surface area contributed by atoms with E-state index >= 15 is 0 Å². The fraction of sp³-hybridized carbons (Fsp3) is 0.471. The van der Waals surface area contributed by atoms with Gasteiger partial charge in [0.25, 0.3) is 0 Å². The molecule has 7 nitrogen and oxygen atoms in total. The van der Waals surface area contributed by atoms with Crippen LogP contribution >= 0.6 is 0 Å². The SMILES string of the molecule is CCCn1cnnc1[C@H]1CCCCN1S(=O)(=O)c1ccc(C#N)cc1. The molecule has 0 radical (unpaired) electrons. The molecule has 2 heterocycles. The van der Waals surface area contributed by atoms with Crippen molar-refractivity contribution in [3.8, 4) is 6.07 Å². The Kier molecular flexibility index (Phi) is 5.16. The van der Waals surface area contributed by atoms with E-state index in [4.69, 9.17) is 5.26 Å². The predicted molar refractivity (Wildman–Crippen MR) is 92.0 cm³/mol. The Balaban J connectivity index is 1.97. The van der Waals surface area contributed by atoms with Crippen LogP contribution in [0.2, 0.25) is 0 Å². The summed E-state index contributed by atoms with van der Waals surface area (Å²) in [5, 5.41) is 17.1. The third-order valence-corrected chi connectivity index (χ3v) is 6.37. The van der Waals surface area contributed by atoms with E-state index < -0.39 is 10.0 Å². The Morgan fingerprint density at radius 3 is 2.72 bits per heavy atom. The van der Waals surface area contributed by atoms with Gasteiger partial charge in [-0.05, 0) is 43.5 Å². The van der Waals surface area contributed by atoms with Gasteiger partial charge in [0.1, 0.15) is 6.33 Å². The van der Waals surface area contributed by atoms with Gasteiger partial charge in [0, 0.05) is 13.1 Å². The second-order valence-corrected chi connectivity index (χ2v) is 8.04. The number of aryl methyl sites for hydroxylation is 1. The fourth-order valence-corrected chi connectivity index (χ4v) is 4.88. The molecule has 1 aliphatic heterocycles.